The van der Waals surface area contributed by atoms with Crippen molar-refractivity contribution in [3.63, 3.8) is 0 Å². The number of ether oxygens (including phenoxy) is 1. The van der Waals surface area contributed by atoms with Gasteiger partial charge in [-0.2, -0.15) is 0 Å². The lowest BCUT2D eigenvalue weighted by molar-refractivity contribution is 0.0586. The number of hydrogen-bond acceptors (Lipinski definition) is 6. The molecule has 17 heavy (non-hydrogen) atoms. The van der Waals surface area contributed by atoms with Crippen LogP contribution in [0.2, 0.25) is 0 Å². The molecule has 92 valence electrons. The average Bonchev–Trinajstić information content (AvgIpc) is 2.80. The number of esters is 1. The Labute approximate surface area is 99.8 Å². The van der Waals surface area contributed by atoms with Gasteiger partial charge in [-0.3, -0.25) is 0 Å². The predicted molar refractivity (Wildman–Crippen MR) is 63.0 cm³/mol. The fraction of sp³-hybridized carbons (Fsp3) is 0.545. The minimum Gasteiger partial charge on any atom is -0.463 e. The van der Waals surface area contributed by atoms with E-state index < -0.39 is 5.97 Å². The molecular formula is C11H16N4O2. The van der Waals surface area contributed by atoms with Gasteiger partial charge < -0.3 is 15.4 Å². The summed E-state index contributed by atoms with van der Waals surface area (Å²) in [5, 5.41) is 6.54. The molecule has 2 rings (SSSR count). The van der Waals surface area contributed by atoms with Gasteiger partial charge in [0.15, 0.2) is 0 Å². The third kappa shape index (κ3) is 2.91. The number of hydrogen-bond donors (Lipinski definition) is 2. The number of nitrogens with zero attached hydrogens (tertiary/aromatic N) is 2. The van der Waals surface area contributed by atoms with E-state index in [4.69, 9.17) is 0 Å². The monoisotopic (exact) mass is 236 g/mol. The first kappa shape index (κ1) is 11.8. The highest BCUT2D eigenvalue weighted by Crippen LogP contribution is 2.11. The van der Waals surface area contributed by atoms with Crippen molar-refractivity contribution >= 4 is 11.8 Å². The molecule has 6 nitrogen and oxygen atoms in total. The van der Waals surface area contributed by atoms with E-state index >= 15 is 0 Å². The molecule has 0 aromatic carbocycles. The Bertz CT molecular complexity index is 416. The van der Waals surface area contributed by atoms with Gasteiger partial charge in [0.25, 0.3) is 0 Å². The summed E-state index contributed by atoms with van der Waals surface area (Å²) in [6, 6.07) is 2.18. The number of anilines is 1. The van der Waals surface area contributed by atoms with Gasteiger partial charge in [0, 0.05) is 24.3 Å². The van der Waals surface area contributed by atoms with E-state index in [1.807, 2.05) is 13.0 Å². The van der Waals surface area contributed by atoms with Crippen LogP contribution >= 0.6 is 0 Å². The number of methoxy groups -OCH3 is 1. The summed E-state index contributed by atoms with van der Waals surface area (Å²) in [6.45, 7) is 3.74. The summed E-state index contributed by atoms with van der Waals surface area (Å²) < 4.78 is 4.61. The molecule has 0 saturated carbocycles. The van der Waals surface area contributed by atoms with Gasteiger partial charge in [0.2, 0.25) is 5.82 Å². The molecule has 6 heteroatoms. The molecule has 0 spiro atoms. The molecule has 0 bridgehead atoms. The van der Waals surface area contributed by atoms with E-state index in [-0.39, 0.29) is 5.82 Å². The first-order valence-electron chi connectivity index (χ1n) is 5.60. The zero-order chi connectivity index (χ0) is 12.3. The summed E-state index contributed by atoms with van der Waals surface area (Å²) in [4.78, 5) is 19.5. The van der Waals surface area contributed by atoms with Crippen molar-refractivity contribution in [2.24, 2.45) is 0 Å². The van der Waals surface area contributed by atoms with Crippen LogP contribution in [0.15, 0.2) is 6.07 Å². The number of aromatic nitrogens is 2. The third-order valence-corrected chi connectivity index (χ3v) is 2.63. The standard InChI is InChI=1S/C11H16N4O2/c1-7-5-9(14-8-3-4-12-6-8)15-10(13-7)11(16)17-2/h5,8,12H,3-4,6H2,1-2H3,(H,13,14,15). The van der Waals surface area contributed by atoms with Crippen LogP contribution in [0, 0.1) is 6.92 Å². The Kier molecular flexibility index (Phi) is 3.53. The topological polar surface area (TPSA) is 76.1 Å². The first-order valence-corrected chi connectivity index (χ1v) is 5.60. The maximum atomic E-state index is 11.4. The Morgan fingerprint density at radius 1 is 1.59 bits per heavy atom. The summed E-state index contributed by atoms with van der Waals surface area (Å²) in [5.41, 5.74) is 0.744. The normalized spacial score (nSPS) is 19.1. The average molecular weight is 236 g/mol. The van der Waals surface area contributed by atoms with Crippen LogP contribution in [0.1, 0.15) is 22.7 Å². The van der Waals surface area contributed by atoms with Crippen molar-refractivity contribution in [3.05, 3.63) is 17.6 Å². The molecule has 1 saturated heterocycles. The molecule has 1 aliphatic heterocycles. The molecule has 1 fully saturated rings. The van der Waals surface area contributed by atoms with E-state index in [0.29, 0.717) is 11.9 Å². The first-order chi connectivity index (χ1) is 8.19. The van der Waals surface area contributed by atoms with E-state index in [1.165, 1.54) is 7.11 Å². The largest absolute Gasteiger partial charge is 0.463 e. The summed E-state index contributed by atoms with van der Waals surface area (Å²) in [5.74, 6) is 0.258. The molecule has 1 aromatic heterocycles. The van der Waals surface area contributed by atoms with Crippen LogP contribution in [0.5, 0.6) is 0 Å². The van der Waals surface area contributed by atoms with Gasteiger partial charge >= 0.3 is 5.97 Å². The zero-order valence-electron chi connectivity index (χ0n) is 9.99. The van der Waals surface area contributed by atoms with Gasteiger partial charge in [-0.15, -0.1) is 0 Å². The lowest BCUT2D eigenvalue weighted by atomic mass is 10.2. The smallest absolute Gasteiger partial charge is 0.376 e. The Hall–Kier alpha value is -1.69. The maximum absolute atomic E-state index is 11.4. The molecule has 1 aliphatic rings. The Morgan fingerprint density at radius 3 is 3.06 bits per heavy atom. The lowest BCUT2D eigenvalue weighted by Gasteiger charge is -2.12. The van der Waals surface area contributed by atoms with Crippen LogP contribution in [0.4, 0.5) is 5.82 Å². The van der Waals surface area contributed by atoms with Crippen LogP contribution in [0.25, 0.3) is 0 Å². The van der Waals surface area contributed by atoms with Gasteiger partial charge in [-0.05, 0) is 19.9 Å². The number of nitrogens with one attached hydrogen (secondary N) is 2. The number of rotatable bonds is 3. The minimum atomic E-state index is -0.513. The van der Waals surface area contributed by atoms with E-state index in [0.717, 1.165) is 25.2 Å². The Balaban J connectivity index is 2.15. The van der Waals surface area contributed by atoms with Gasteiger partial charge in [0.05, 0.1) is 7.11 Å². The summed E-state index contributed by atoms with van der Waals surface area (Å²) >= 11 is 0. The number of carbonyl (C=O) groups is 1. The highest BCUT2D eigenvalue weighted by Gasteiger charge is 2.16. The third-order valence-electron chi connectivity index (χ3n) is 2.63. The highest BCUT2D eigenvalue weighted by molar-refractivity contribution is 5.85. The second-order valence-electron chi connectivity index (χ2n) is 4.04. The van der Waals surface area contributed by atoms with Crippen molar-refractivity contribution < 1.29 is 9.53 Å². The fourth-order valence-electron chi connectivity index (χ4n) is 1.81. The molecule has 0 aliphatic carbocycles. The quantitative estimate of drug-likeness (QED) is 0.737. The molecule has 0 radical (unpaired) electrons. The van der Waals surface area contributed by atoms with Crippen LogP contribution < -0.4 is 10.6 Å². The van der Waals surface area contributed by atoms with Crippen molar-refractivity contribution in [1.29, 1.82) is 0 Å². The predicted octanol–water partition coefficient (Wildman–Crippen LogP) is 0.345. The van der Waals surface area contributed by atoms with E-state index in [9.17, 15) is 4.79 Å². The van der Waals surface area contributed by atoms with Crippen molar-refractivity contribution in [2.75, 3.05) is 25.5 Å². The van der Waals surface area contributed by atoms with Gasteiger partial charge in [-0.1, -0.05) is 0 Å². The molecule has 1 aromatic rings. The SMILES string of the molecule is COC(=O)c1nc(C)cc(NC2CCNC2)n1. The second-order valence-corrected chi connectivity index (χ2v) is 4.04. The van der Waals surface area contributed by atoms with Crippen LogP contribution in [-0.4, -0.2) is 42.2 Å². The molecule has 0 amide bonds. The Morgan fingerprint density at radius 2 is 2.41 bits per heavy atom. The number of aryl methyl sites for hydroxylation is 1. The second kappa shape index (κ2) is 5.09. The minimum absolute atomic E-state index is 0.0981. The summed E-state index contributed by atoms with van der Waals surface area (Å²) in [6.07, 6.45) is 1.05. The van der Waals surface area contributed by atoms with Crippen molar-refractivity contribution in [3.8, 4) is 0 Å². The molecule has 2 heterocycles. The maximum Gasteiger partial charge on any atom is 0.376 e. The fourth-order valence-corrected chi connectivity index (χ4v) is 1.81. The summed E-state index contributed by atoms with van der Waals surface area (Å²) in [7, 11) is 1.32. The van der Waals surface area contributed by atoms with Gasteiger partial charge in [-0.25, -0.2) is 14.8 Å². The lowest BCUT2D eigenvalue weighted by Crippen LogP contribution is -2.23. The van der Waals surface area contributed by atoms with Crippen molar-refractivity contribution in [2.45, 2.75) is 19.4 Å². The highest BCUT2D eigenvalue weighted by atomic mass is 16.5. The van der Waals surface area contributed by atoms with E-state index in [2.05, 4.69) is 25.3 Å². The number of carbonyl (C=O) groups excluding carboxylic acids is 1. The van der Waals surface area contributed by atoms with Gasteiger partial charge in [0.1, 0.15) is 5.82 Å². The molecule has 1 unspecified atom stereocenters. The van der Waals surface area contributed by atoms with Crippen molar-refractivity contribution in [1.82, 2.24) is 15.3 Å². The molecule has 2 N–H and O–H groups in total. The molecule has 1 atom stereocenters. The molecular weight excluding hydrogens is 220 g/mol. The van der Waals surface area contributed by atoms with Crippen LogP contribution in [-0.2, 0) is 4.74 Å². The van der Waals surface area contributed by atoms with Crippen LogP contribution in [0.3, 0.4) is 0 Å². The zero-order valence-corrected chi connectivity index (χ0v) is 9.99. The van der Waals surface area contributed by atoms with E-state index in [1.54, 1.807) is 0 Å².